The molecule has 0 saturated heterocycles. The maximum Gasteiger partial charge on any atom is 0.129 e. The molecule has 0 aliphatic heterocycles. The van der Waals surface area contributed by atoms with Crippen LogP contribution in [0.15, 0.2) is 22.7 Å². The highest BCUT2D eigenvalue weighted by molar-refractivity contribution is 9.10. The number of nitrogens with zero attached hydrogens (tertiary/aromatic N) is 2. The molecule has 0 radical (unpaired) electrons. The van der Waals surface area contributed by atoms with Crippen LogP contribution in [0.25, 0.3) is 0 Å². The Morgan fingerprint density at radius 3 is 2.75 bits per heavy atom. The number of aryl methyl sites for hydroxylation is 2. The van der Waals surface area contributed by atoms with E-state index in [0.717, 1.165) is 17.8 Å². The van der Waals surface area contributed by atoms with Crippen LogP contribution in [0.4, 0.5) is 4.39 Å². The van der Waals surface area contributed by atoms with Gasteiger partial charge >= 0.3 is 0 Å². The maximum atomic E-state index is 13.9. The summed E-state index contributed by atoms with van der Waals surface area (Å²) in [5, 5.41) is 4.97. The number of aromatic nitrogens is 2. The molecule has 108 valence electrons. The molecule has 1 unspecified atom stereocenters. The third kappa shape index (κ3) is 3.05. The van der Waals surface area contributed by atoms with E-state index in [-0.39, 0.29) is 5.82 Å². The smallest absolute Gasteiger partial charge is 0.129 e. The van der Waals surface area contributed by atoms with Gasteiger partial charge in [-0.2, -0.15) is 5.10 Å². The van der Waals surface area contributed by atoms with Crippen molar-refractivity contribution in [2.45, 2.75) is 25.8 Å². The lowest BCUT2D eigenvalue weighted by Gasteiger charge is -2.13. The number of hydrogen-bond acceptors (Lipinski definition) is 2. The van der Waals surface area contributed by atoms with Gasteiger partial charge in [-0.25, -0.2) is 4.39 Å². The maximum absolute atomic E-state index is 13.9. The van der Waals surface area contributed by atoms with Crippen LogP contribution in [-0.2, 0) is 19.9 Å². The van der Waals surface area contributed by atoms with E-state index in [1.165, 1.54) is 6.07 Å². The number of hydrogen-bond donors (Lipinski definition) is 1. The van der Waals surface area contributed by atoms with Crippen LogP contribution >= 0.6 is 27.5 Å². The summed E-state index contributed by atoms with van der Waals surface area (Å²) in [6.45, 7) is 1.99. The topological polar surface area (TPSA) is 43.8 Å². The SMILES string of the molecule is CCc1nn(C)c(CC(N)c2ccc(Br)cc2F)c1Cl. The Labute approximate surface area is 131 Å². The quantitative estimate of drug-likeness (QED) is 0.902. The first-order valence-electron chi connectivity index (χ1n) is 6.34. The summed E-state index contributed by atoms with van der Waals surface area (Å²) in [5.41, 5.74) is 8.26. The molecule has 0 aliphatic carbocycles. The molecule has 0 amide bonds. The molecule has 1 atom stereocenters. The fourth-order valence-corrected chi connectivity index (χ4v) is 2.87. The van der Waals surface area contributed by atoms with Crippen molar-refractivity contribution in [2.75, 3.05) is 0 Å². The van der Waals surface area contributed by atoms with Crippen molar-refractivity contribution in [3.63, 3.8) is 0 Å². The molecule has 1 aromatic carbocycles. The Morgan fingerprint density at radius 2 is 2.20 bits per heavy atom. The van der Waals surface area contributed by atoms with Crippen LogP contribution in [0.2, 0.25) is 5.02 Å². The van der Waals surface area contributed by atoms with Crippen molar-refractivity contribution in [2.24, 2.45) is 12.8 Å². The zero-order chi connectivity index (χ0) is 14.9. The summed E-state index contributed by atoms with van der Waals surface area (Å²) in [6.07, 6.45) is 1.20. The zero-order valence-electron chi connectivity index (χ0n) is 11.3. The van der Waals surface area contributed by atoms with Gasteiger partial charge in [0, 0.05) is 29.5 Å². The lowest BCUT2D eigenvalue weighted by atomic mass is 10.0. The van der Waals surface area contributed by atoms with Crippen LogP contribution in [0.5, 0.6) is 0 Å². The van der Waals surface area contributed by atoms with Gasteiger partial charge in [0.1, 0.15) is 5.82 Å². The molecule has 2 aromatic rings. The largest absolute Gasteiger partial charge is 0.324 e. The highest BCUT2D eigenvalue weighted by Gasteiger charge is 2.19. The Kier molecular flexibility index (Phi) is 4.83. The highest BCUT2D eigenvalue weighted by Crippen LogP contribution is 2.27. The molecule has 20 heavy (non-hydrogen) atoms. The number of benzene rings is 1. The van der Waals surface area contributed by atoms with E-state index in [1.54, 1.807) is 16.8 Å². The molecule has 1 heterocycles. The van der Waals surface area contributed by atoms with E-state index >= 15 is 0 Å². The predicted octanol–water partition coefficient (Wildman–Crippen LogP) is 3.78. The molecule has 6 heteroatoms. The average Bonchev–Trinajstić information content (AvgIpc) is 2.66. The summed E-state index contributed by atoms with van der Waals surface area (Å²) >= 11 is 9.52. The normalized spacial score (nSPS) is 12.7. The van der Waals surface area contributed by atoms with Gasteiger partial charge in [0.15, 0.2) is 0 Å². The summed E-state index contributed by atoms with van der Waals surface area (Å²) in [4.78, 5) is 0. The molecule has 1 aromatic heterocycles. The minimum absolute atomic E-state index is 0.319. The molecular formula is C14H16BrClFN3. The minimum Gasteiger partial charge on any atom is -0.324 e. The zero-order valence-corrected chi connectivity index (χ0v) is 13.7. The standard InChI is InChI=1S/C14H16BrClFN3/c1-3-12-14(16)13(20(2)19-12)7-11(18)9-5-4-8(15)6-10(9)17/h4-6,11H,3,7,18H2,1-2H3. The van der Waals surface area contributed by atoms with Gasteiger partial charge in [0.05, 0.1) is 16.4 Å². The second kappa shape index (κ2) is 6.24. The summed E-state index contributed by atoms with van der Waals surface area (Å²) in [5.74, 6) is -0.319. The molecule has 2 N–H and O–H groups in total. The Hall–Kier alpha value is -0.910. The molecule has 0 aliphatic rings. The Bertz CT molecular complexity index is 627. The van der Waals surface area contributed by atoms with Gasteiger partial charge in [-0.3, -0.25) is 4.68 Å². The van der Waals surface area contributed by atoms with Gasteiger partial charge in [-0.15, -0.1) is 0 Å². The fourth-order valence-electron chi connectivity index (χ4n) is 2.16. The van der Waals surface area contributed by atoms with Gasteiger partial charge in [0.2, 0.25) is 0 Å². The van der Waals surface area contributed by atoms with Crippen LogP contribution < -0.4 is 5.73 Å². The average molecular weight is 361 g/mol. The Balaban J connectivity index is 2.27. The molecule has 0 fully saturated rings. The predicted molar refractivity (Wildman–Crippen MR) is 82.3 cm³/mol. The van der Waals surface area contributed by atoms with E-state index in [4.69, 9.17) is 17.3 Å². The third-order valence-corrected chi connectivity index (χ3v) is 4.21. The van der Waals surface area contributed by atoms with Crippen molar-refractivity contribution >= 4 is 27.5 Å². The van der Waals surface area contributed by atoms with E-state index in [0.29, 0.717) is 21.5 Å². The van der Waals surface area contributed by atoms with E-state index in [2.05, 4.69) is 21.0 Å². The number of nitrogens with two attached hydrogens (primary N) is 1. The lowest BCUT2D eigenvalue weighted by molar-refractivity contribution is 0.568. The molecule has 3 nitrogen and oxygen atoms in total. The van der Waals surface area contributed by atoms with Crippen molar-refractivity contribution in [1.82, 2.24) is 9.78 Å². The fraction of sp³-hybridized carbons (Fsp3) is 0.357. The van der Waals surface area contributed by atoms with E-state index in [1.807, 2.05) is 14.0 Å². The van der Waals surface area contributed by atoms with Gasteiger partial charge in [0.25, 0.3) is 0 Å². The lowest BCUT2D eigenvalue weighted by Crippen LogP contribution is -2.17. The van der Waals surface area contributed by atoms with Crippen LogP contribution in [-0.4, -0.2) is 9.78 Å². The second-order valence-corrected chi connectivity index (χ2v) is 5.95. The first kappa shape index (κ1) is 15.5. The molecule has 0 saturated carbocycles. The molecule has 2 rings (SSSR count). The van der Waals surface area contributed by atoms with Crippen LogP contribution in [0.3, 0.4) is 0 Å². The summed E-state index contributed by atoms with van der Waals surface area (Å²) in [6, 6.07) is 4.42. The summed E-state index contributed by atoms with van der Waals surface area (Å²) in [7, 11) is 1.82. The van der Waals surface area contributed by atoms with Gasteiger partial charge in [-0.05, 0) is 18.6 Å². The van der Waals surface area contributed by atoms with Crippen LogP contribution in [0.1, 0.15) is 29.9 Å². The number of halogens is 3. The van der Waals surface area contributed by atoms with E-state index in [9.17, 15) is 4.39 Å². The summed E-state index contributed by atoms with van der Waals surface area (Å²) < 4.78 is 16.3. The van der Waals surface area contributed by atoms with Crippen molar-refractivity contribution < 1.29 is 4.39 Å². The second-order valence-electron chi connectivity index (χ2n) is 4.66. The van der Waals surface area contributed by atoms with Crippen LogP contribution in [0, 0.1) is 5.82 Å². The minimum atomic E-state index is -0.458. The third-order valence-electron chi connectivity index (χ3n) is 3.28. The van der Waals surface area contributed by atoms with Crippen molar-refractivity contribution in [3.05, 3.63) is 50.5 Å². The number of rotatable bonds is 4. The van der Waals surface area contributed by atoms with Gasteiger partial charge in [-0.1, -0.05) is 40.5 Å². The van der Waals surface area contributed by atoms with Crippen molar-refractivity contribution in [1.29, 1.82) is 0 Å². The highest BCUT2D eigenvalue weighted by atomic mass is 79.9. The molecular weight excluding hydrogens is 345 g/mol. The first-order chi connectivity index (χ1) is 9.43. The molecule has 0 spiro atoms. The molecule has 0 bridgehead atoms. The van der Waals surface area contributed by atoms with Crippen molar-refractivity contribution in [3.8, 4) is 0 Å². The first-order valence-corrected chi connectivity index (χ1v) is 7.51. The monoisotopic (exact) mass is 359 g/mol. The Morgan fingerprint density at radius 1 is 1.50 bits per heavy atom. The van der Waals surface area contributed by atoms with E-state index < -0.39 is 6.04 Å². The van der Waals surface area contributed by atoms with Gasteiger partial charge < -0.3 is 5.73 Å².